The summed E-state index contributed by atoms with van der Waals surface area (Å²) in [7, 11) is 1.73. The normalized spacial score (nSPS) is 19.5. The fraction of sp³-hybridized carbons (Fsp3) is 0.500. The van der Waals surface area contributed by atoms with Gasteiger partial charge >= 0.3 is 0 Å². The lowest BCUT2D eigenvalue weighted by Gasteiger charge is -2.37. The van der Waals surface area contributed by atoms with E-state index in [-0.39, 0.29) is 5.60 Å². The highest BCUT2D eigenvalue weighted by Crippen LogP contribution is 2.43. The Bertz CT molecular complexity index is 656. The van der Waals surface area contributed by atoms with E-state index in [1.807, 2.05) is 6.07 Å². The van der Waals surface area contributed by atoms with Crippen LogP contribution < -0.4 is 5.32 Å². The maximum Gasteiger partial charge on any atom is 0.258 e. The van der Waals surface area contributed by atoms with Crippen molar-refractivity contribution in [1.29, 1.82) is 0 Å². The number of ether oxygens (including phenoxy) is 1. The van der Waals surface area contributed by atoms with Crippen molar-refractivity contribution >= 4 is 5.69 Å². The Kier molecular flexibility index (Phi) is 2.96. The molecule has 5 heteroatoms. The number of anilines is 1. The molecule has 1 aromatic carbocycles. The van der Waals surface area contributed by atoms with Crippen LogP contribution in [0.2, 0.25) is 0 Å². The third kappa shape index (κ3) is 1.95. The molecule has 4 rings (SSSR count). The predicted molar refractivity (Wildman–Crippen MR) is 79.1 cm³/mol. The average molecular weight is 285 g/mol. The number of benzene rings is 1. The smallest absolute Gasteiger partial charge is 0.258 e. The van der Waals surface area contributed by atoms with Crippen molar-refractivity contribution < 1.29 is 9.26 Å². The van der Waals surface area contributed by atoms with Gasteiger partial charge in [0, 0.05) is 24.9 Å². The van der Waals surface area contributed by atoms with Crippen LogP contribution >= 0.6 is 0 Å². The number of aromatic nitrogens is 2. The van der Waals surface area contributed by atoms with Crippen LogP contribution in [0.4, 0.5) is 5.69 Å². The zero-order valence-electron chi connectivity index (χ0n) is 12.2. The Hall–Kier alpha value is -1.88. The van der Waals surface area contributed by atoms with Gasteiger partial charge in [0.15, 0.2) is 0 Å². The fourth-order valence-electron chi connectivity index (χ4n) is 3.25. The summed E-state index contributed by atoms with van der Waals surface area (Å²) in [4.78, 5) is 4.62. The van der Waals surface area contributed by atoms with Gasteiger partial charge in [-0.2, -0.15) is 4.98 Å². The van der Waals surface area contributed by atoms with Crippen molar-refractivity contribution in [2.45, 2.75) is 37.7 Å². The van der Waals surface area contributed by atoms with E-state index in [0.717, 1.165) is 44.2 Å². The molecule has 1 fully saturated rings. The SMILES string of the molecule is COC1(c2noc(-c3cccc4c3CCCN4)n2)CCC1. The maximum atomic E-state index is 5.62. The minimum atomic E-state index is -0.325. The fourth-order valence-corrected chi connectivity index (χ4v) is 3.25. The molecular formula is C16H19N3O2. The Morgan fingerprint density at radius 1 is 1.29 bits per heavy atom. The minimum absolute atomic E-state index is 0.325. The summed E-state index contributed by atoms with van der Waals surface area (Å²) in [6, 6.07) is 6.20. The van der Waals surface area contributed by atoms with Crippen LogP contribution in [0, 0.1) is 0 Å². The van der Waals surface area contributed by atoms with E-state index < -0.39 is 0 Å². The van der Waals surface area contributed by atoms with E-state index in [9.17, 15) is 0 Å². The molecule has 1 saturated carbocycles. The highest BCUT2D eigenvalue weighted by Gasteiger charge is 2.43. The second kappa shape index (κ2) is 4.84. The highest BCUT2D eigenvalue weighted by molar-refractivity contribution is 5.69. The second-order valence-electron chi connectivity index (χ2n) is 5.84. The van der Waals surface area contributed by atoms with E-state index in [4.69, 9.17) is 9.26 Å². The number of rotatable bonds is 3. The lowest BCUT2D eigenvalue weighted by molar-refractivity contribution is -0.0858. The molecule has 0 radical (unpaired) electrons. The van der Waals surface area contributed by atoms with E-state index >= 15 is 0 Å². The maximum absolute atomic E-state index is 5.62. The minimum Gasteiger partial charge on any atom is -0.385 e. The molecule has 0 atom stereocenters. The highest BCUT2D eigenvalue weighted by atomic mass is 16.5. The van der Waals surface area contributed by atoms with Gasteiger partial charge in [-0.3, -0.25) is 0 Å². The standard InChI is InChI=1S/C16H19N3O2/c1-20-16(8-4-9-16)15-18-14(21-19-15)12-5-2-7-13-11(12)6-3-10-17-13/h2,5,7,17H,3-4,6,8-10H2,1H3. The summed E-state index contributed by atoms with van der Waals surface area (Å²) in [5.41, 5.74) is 3.18. The van der Waals surface area contributed by atoms with Crippen LogP contribution in [0.3, 0.4) is 0 Å². The zero-order chi connectivity index (χ0) is 14.3. The van der Waals surface area contributed by atoms with Crippen LogP contribution in [0.25, 0.3) is 11.5 Å². The summed E-state index contributed by atoms with van der Waals surface area (Å²) in [5, 5.41) is 7.60. The monoisotopic (exact) mass is 285 g/mol. The average Bonchev–Trinajstić information content (AvgIpc) is 2.96. The van der Waals surface area contributed by atoms with E-state index in [0.29, 0.717) is 11.7 Å². The predicted octanol–water partition coefficient (Wildman–Crippen LogP) is 3.12. The van der Waals surface area contributed by atoms with Crippen molar-refractivity contribution in [3.63, 3.8) is 0 Å². The molecule has 2 heterocycles. The van der Waals surface area contributed by atoms with Gasteiger partial charge in [-0.25, -0.2) is 0 Å². The van der Waals surface area contributed by atoms with Gasteiger partial charge in [0.2, 0.25) is 5.82 Å². The topological polar surface area (TPSA) is 60.2 Å². The van der Waals surface area contributed by atoms with E-state index in [1.54, 1.807) is 7.11 Å². The molecule has 0 saturated heterocycles. The molecule has 2 aromatic rings. The Morgan fingerprint density at radius 2 is 2.19 bits per heavy atom. The first-order chi connectivity index (χ1) is 10.3. The van der Waals surface area contributed by atoms with Crippen molar-refractivity contribution in [3.8, 4) is 11.5 Å². The molecular weight excluding hydrogens is 266 g/mol. The molecule has 0 spiro atoms. The number of hydrogen-bond acceptors (Lipinski definition) is 5. The molecule has 1 aromatic heterocycles. The molecule has 0 bridgehead atoms. The van der Waals surface area contributed by atoms with Crippen molar-refractivity contribution in [2.24, 2.45) is 0 Å². The van der Waals surface area contributed by atoms with Crippen LogP contribution in [-0.2, 0) is 16.8 Å². The number of nitrogens with zero attached hydrogens (tertiary/aromatic N) is 2. The molecule has 5 nitrogen and oxygen atoms in total. The van der Waals surface area contributed by atoms with Gasteiger partial charge in [-0.05, 0) is 49.8 Å². The summed E-state index contributed by atoms with van der Waals surface area (Å²) >= 11 is 0. The van der Waals surface area contributed by atoms with Gasteiger partial charge < -0.3 is 14.6 Å². The number of fused-ring (bicyclic) bond motifs is 1. The number of methoxy groups -OCH3 is 1. The molecule has 110 valence electrons. The van der Waals surface area contributed by atoms with Crippen LogP contribution in [0.1, 0.15) is 37.1 Å². The summed E-state index contributed by atoms with van der Waals surface area (Å²) in [5.74, 6) is 1.29. The van der Waals surface area contributed by atoms with E-state index in [1.165, 1.54) is 11.3 Å². The third-order valence-electron chi connectivity index (χ3n) is 4.71. The Labute approximate surface area is 123 Å². The molecule has 1 aliphatic heterocycles. The summed E-state index contributed by atoms with van der Waals surface area (Å²) in [6.45, 7) is 1.03. The molecule has 0 unspecified atom stereocenters. The molecule has 1 aliphatic carbocycles. The first-order valence-corrected chi connectivity index (χ1v) is 7.58. The largest absolute Gasteiger partial charge is 0.385 e. The molecule has 0 amide bonds. The van der Waals surface area contributed by atoms with Crippen LogP contribution in [0.5, 0.6) is 0 Å². The molecule has 2 aliphatic rings. The lowest BCUT2D eigenvalue weighted by atomic mass is 9.79. The van der Waals surface area contributed by atoms with Gasteiger partial charge in [-0.1, -0.05) is 11.2 Å². The van der Waals surface area contributed by atoms with Crippen molar-refractivity contribution in [2.75, 3.05) is 19.0 Å². The third-order valence-corrected chi connectivity index (χ3v) is 4.71. The zero-order valence-corrected chi connectivity index (χ0v) is 12.2. The Morgan fingerprint density at radius 3 is 2.95 bits per heavy atom. The van der Waals surface area contributed by atoms with Crippen LogP contribution in [0.15, 0.2) is 22.7 Å². The molecule has 21 heavy (non-hydrogen) atoms. The first-order valence-electron chi connectivity index (χ1n) is 7.58. The van der Waals surface area contributed by atoms with Crippen molar-refractivity contribution in [3.05, 3.63) is 29.6 Å². The van der Waals surface area contributed by atoms with Gasteiger partial charge in [0.25, 0.3) is 5.89 Å². The Balaban J connectivity index is 1.73. The quantitative estimate of drug-likeness (QED) is 0.939. The van der Waals surface area contributed by atoms with E-state index in [2.05, 4.69) is 27.6 Å². The van der Waals surface area contributed by atoms with Crippen LogP contribution in [-0.4, -0.2) is 23.8 Å². The molecule has 1 N–H and O–H groups in total. The lowest BCUT2D eigenvalue weighted by Crippen LogP contribution is -2.37. The van der Waals surface area contributed by atoms with Gasteiger partial charge in [0.05, 0.1) is 0 Å². The van der Waals surface area contributed by atoms with Crippen molar-refractivity contribution in [1.82, 2.24) is 10.1 Å². The van der Waals surface area contributed by atoms with Gasteiger partial charge in [0.1, 0.15) is 5.60 Å². The first kappa shape index (κ1) is 12.8. The number of nitrogens with one attached hydrogen (secondary N) is 1. The van der Waals surface area contributed by atoms with Gasteiger partial charge in [-0.15, -0.1) is 0 Å². The second-order valence-corrected chi connectivity index (χ2v) is 5.84. The summed E-state index contributed by atoms with van der Waals surface area (Å²) in [6.07, 6.45) is 5.27. The number of hydrogen-bond donors (Lipinski definition) is 1. The summed E-state index contributed by atoms with van der Waals surface area (Å²) < 4.78 is 11.2.